The molecule has 6 nitrogen and oxygen atoms in total. The minimum Gasteiger partial charge on any atom is -0.489 e. The maximum Gasteiger partial charge on any atom is 0.267 e. The molecule has 1 N–H and O–H groups in total. The number of thiazole rings is 1. The monoisotopic (exact) mass is 472 g/mol. The minimum absolute atomic E-state index is 0.180. The summed E-state index contributed by atoms with van der Waals surface area (Å²) in [5.41, 5.74) is 4.62. The molecule has 1 aromatic carbocycles. The standard InChI is InChI=1S/C22H21ClN4O2S2/c1-4-27-9-17(14(3)26-27)18-12-31-22(24-18)25-21(28)20-8-15(11-30-20)10-29-19-6-5-16(23)7-13(19)2/h5-9,11-12H,4,10H2,1-3H3,(H,24,25,28). The second-order valence-corrected chi connectivity index (χ2v) is 9.20. The van der Waals surface area contributed by atoms with Gasteiger partial charge in [0.2, 0.25) is 0 Å². The zero-order valence-electron chi connectivity index (χ0n) is 17.3. The van der Waals surface area contributed by atoms with Crippen molar-refractivity contribution in [2.45, 2.75) is 33.9 Å². The first-order valence-corrected chi connectivity index (χ1v) is 11.8. The Kier molecular flexibility index (Phi) is 6.41. The van der Waals surface area contributed by atoms with E-state index < -0.39 is 0 Å². The van der Waals surface area contributed by atoms with Crippen LogP contribution in [0.4, 0.5) is 5.13 Å². The van der Waals surface area contributed by atoms with Crippen molar-refractivity contribution in [3.8, 4) is 17.0 Å². The second kappa shape index (κ2) is 9.21. The quantitative estimate of drug-likeness (QED) is 0.348. The lowest BCUT2D eigenvalue weighted by atomic mass is 10.2. The molecule has 31 heavy (non-hydrogen) atoms. The first kappa shape index (κ1) is 21.5. The molecule has 0 bridgehead atoms. The second-order valence-electron chi connectivity index (χ2n) is 6.99. The third kappa shape index (κ3) is 4.98. The molecule has 0 spiro atoms. The van der Waals surface area contributed by atoms with E-state index in [1.54, 1.807) is 6.07 Å². The van der Waals surface area contributed by atoms with Crippen molar-refractivity contribution in [3.05, 3.63) is 67.9 Å². The van der Waals surface area contributed by atoms with E-state index in [9.17, 15) is 4.79 Å². The Morgan fingerprint density at radius 1 is 1.23 bits per heavy atom. The van der Waals surface area contributed by atoms with Crippen LogP contribution in [0.25, 0.3) is 11.3 Å². The molecule has 0 unspecified atom stereocenters. The highest BCUT2D eigenvalue weighted by molar-refractivity contribution is 7.14. The van der Waals surface area contributed by atoms with Gasteiger partial charge in [-0.25, -0.2) is 4.98 Å². The van der Waals surface area contributed by atoms with E-state index in [0.29, 0.717) is 21.6 Å². The number of amides is 1. The Hall–Kier alpha value is -2.68. The fourth-order valence-corrected chi connectivity index (χ4v) is 4.78. The lowest BCUT2D eigenvalue weighted by molar-refractivity contribution is 0.103. The van der Waals surface area contributed by atoms with Crippen LogP contribution in [0.2, 0.25) is 5.02 Å². The Bertz CT molecular complexity index is 1230. The van der Waals surface area contributed by atoms with Gasteiger partial charge >= 0.3 is 0 Å². The van der Waals surface area contributed by atoms with E-state index in [1.165, 1.54) is 22.7 Å². The van der Waals surface area contributed by atoms with Gasteiger partial charge in [-0.1, -0.05) is 11.6 Å². The van der Waals surface area contributed by atoms with Crippen LogP contribution in [-0.2, 0) is 13.2 Å². The molecule has 3 heterocycles. The summed E-state index contributed by atoms with van der Waals surface area (Å²) >= 11 is 8.76. The smallest absolute Gasteiger partial charge is 0.267 e. The van der Waals surface area contributed by atoms with E-state index in [-0.39, 0.29) is 5.91 Å². The maximum atomic E-state index is 12.7. The van der Waals surface area contributed by atoms with Crippen LogP contribution in [0.3, 0.4) is 0 Å². The van der Waals surface area contributed by atoms with Gasteiger partial charge in [-0.15, -0.1) is 22.7 Å². The first-order chi connectivity index (χ1) is 14.9. The van der Waals surface area contributed by atoms with E-state index in [4.69, 9.17) is 16.3 Å². The SMILES string of the molecule is CCn1cc(-c2csc(NC(=O)c3cc(COc4ccc(Cl)cc4C)cs3)n2)c(C)n1. The number of thiophene rings is 1. The molecule has 0 saturated carbocycles. The van der Waals surface area contributed by atoms with Crippen molar-refractivity contribution >= 4 is 45.3 Å². The Morgan fingerprint density at radius 3 is 2.81 bits per heavy atom. The van der Waals surface area contributed by atoms with Gasteiger partial charge in [0.05, 0.1) is 16.3 Å². The summed E-state index contributed by atoms with van der Waals surface area (Å²) in [6.07, 6.45) is 1.98. The van der Waals surface area contributed by atoms with Crippen molar-refractivity contribution in [2.24, 2.45) is 0 Å². The Balaban J connectivity index is 1.39. The van der Waals surface area contributed by atoms with Gasteiger partial charge in [0.25, 0.3) is 5.91 Å². The zero-order chi connectivity index (χ0) is 22.0. The number of rotatable bonds is 7. The number of hydrogen-bond donors (Lipinski definition) is 1. The molecular weight excluding hydrogens is 452 g/mol. The van der Waals surface area contributed by atoms with Gasteiger partial charge in [-0.2, -0.15) is 5.10 Å². The van der Waals surface area contributed by atoms with Gasteiger partial charge in [-0.3, -0.25) is 14.8 Å². The Labute approximate surface area is 193 Å². The van der Waals surface area contributed by atoms with Crippen molar-refractivity contribution in [1.82, 2.24) is 14.8 Å². The van der Waals surface area contributed by atoms with E-state index >= 15 is 0 Å². The number of anilines is 1. The molecule has 0 fully saturated rings. The summed E-state index contributed by atoms with van der Waals surface area (Å²) in [5, 5.41) is 12.4. The average molecular weight is 473 g/mol. The minimum atomic E-state index is -0.180. The maximum absolute atomic E-state index is 12.7. The van der Waals surface area contributed by atoms with Crippen LogP contribution in [0.5, 0.6) is 5.75 Å². The number of carbonyl (C=O) groups excluding carboxylic acids is 1. The number of halogens is 1. The van der Waals surface area contributed by atoms with Crippen LogP contribution in [-0.4, -0.2) is 20.7 Å². The molecule has 0 atom stereocenters. The predicted molar refractivity (Wildman–Crippen MR) is 127 cm³/mol. The van der Waals surface area contributed by atoms with Gasteiger partial charge < -0.3 is 4.74 Å². The topological polar surface area (TPSA) is 69.0 Å². The van der Waals surface area contributed by atoms with Crippen molar-refractivity contribution < 1.29 is 9.53 Å². The fraction of sp³-hybridized carbons (Fsp3) is 0.227. The van der Waals surface area contributed by atoms with E-state index in [2.05, 4.69) is 15.4 Å². The number of ether oxygens (including phenoxy) is 1. The highest BCUT2D eigenvalue weighted by atomic mass is 35.5. The lowest BCUT2D eigenvalue weighted by Gasteiger charge is -2.08. The molecule has 0 aliphatic rings. The average Bonchev–Trinajstić information content (AvgIpc) is 3.47. The third-order valence-electron chi connectivity index (χ3n) is 4.68. The number of aryl methyl sites for hydroxylation is 3. The molecule has 4 rings (SSSR count). The van der Waals surface area contributed by atoms with Crippen LogP contribution < -0.4 is 10.1 Å². The summed E-state index contributed by atoms with van der Waals surface area (Å²) in [5.74, 6) is 0.597. The fourth-order valence-electron chi connectivity index (χ4n) is 3.05. The van der Waals surface area contributed by atoms with Crippen molar-refractivity contribution in [1.29, 1.82) is 0 Å². The number of nitrogens with one attached hydrogen (secondary N) is 1. The molecular formula is C22H21ClN4O2S2. The summed E-state index contributed by atoms with van der Waals surface area (Å²) < 4.78 is 7.74. The van der Waals surface area contributed by atoms with Crippen molar-refractivity contribution in [3.63, 3.8) is 0 Å². The first-order valence-electron chi connectivity index (χ1n) is 9.70. The number of aromatic nitrogens is 3. The van der Waals surface area contributed by atoms with Gasteiger partial charge in [0.1, 0.15) is 12.4 Å². The third-order valence-corrected chi connectivity index (χ3v) is 6.65. The molecule has 4 aromatic rings. The largest absolute Gasteiger partial charge is 0.489 e. The number of carbonyl (C=O) groups is 1. The number of benzene rings is 1. The van der Waals surface area contributed by atoms with Crippen LogP contribution in [0, 0.1) is 13.8 Å². The number of hydrogen-bond acceptors (Lipinski definition) is 6. The van der Waals surface area contributed by atoms with Gasteiger partial charge in [-0.05, 0) is 56.0 Å². The highest BCUT2D eigenvalue weighted by Crippen LogP contribution is 2.28. The van der Waals surface area contributed by atoms with Crippen LogP contribution in [0.1, 0.15) is 33.4 Å². The van der Waals surface area contributed by atoms with Crippen LogP contribution in [0.15, 0.2) is 41.2 Å². The normalized spacial score (nSPS) is 11.0. The Morgan fingerprint density at radius 2 is 2.06 bits per heavy atom. The number of nitrogens with zero attached hydrogens (tertiary/aromatic N) is 3. The lowest BCUT2D eigenvalue weighted by Crippen LogP contribution is -2.09. The summed E-state index contributed by atoms with van der Waals surface area (Å²) in [4.78, 5) is 17.8. The van der Waals surface area contributed by atoms with E-state index in [1.807, 2.05) is 60.6 Å². The predicted octanol–water partition coefficient (Wildman–Crippen LogP) is 6.19. The van der Waals surface area contributed by atoms with Crippen molar-refractivity contribution in [2.75, 3.05) is 5.32 Å². The molecule has 0 aliphatic carbocycles. The molecule has 9 heteroatoms. The summed E-state index contributed by atoms with van der Waals surface area (Å²) in [7, 11) is 0. The molecule has 3 aromatic heterocycles. The summed E-state index contributed by atoms with van der Waals surface area (Å²) in [6, 6.07) is 7.35. The highest BCUT2D eigenvalue weighted by Gasteiger charge is 2.15. The molecule has 160 valence electrons. The van der Waals surface area contributed by atoms with Crippen LogP contribution >= 0.6 is 34.3 Å². The summed E-state index contributed by atoms with van der Waals surface area (Å²) in [6.45, 7) is 7.13. The molecule has 0 aliphatic heterocycles. The van der Waals surface area contributed by atoms with Gasteiger partial charge in [0.15, 0.2) is 5.13 Å². The molecule has 0 radical (unpaired) electrons. The molecule has 0 saturated heterocycles. The zero-order valence-corrected chi connectivity index (χ0v) is 19.7. The molecule has 1 amide bonds. The van der Waals surface area contributed by atoms with E-state index in [0.717, 1.165) is 40.4 Å². The van der Waals surface area contributed by atoms with Gasteiger partial charge in [0, 0.05) is 34.3 Å².